The topological polar surface area (TPSA) is 0 Å². The van der Waals surface area contributed by atoms with Crippen molar-refractivity contribution in [3.05, 3.63) is 65.4 Å². The summed E-state index contributed by atoms with van der Waals surface area (Å²) in [4.78, 5) is 0. The van der Waals surface area contributed by atoms with Crippen LogP contribution in [0.15, 0.2) is 54.3 Å². The minimum absolute atomic E-state index is 0.308. The summed E-state index contributed by atoms with van der Waals surface area (Å²) in [5.74, 6) is 0.308. The Balaban J connectivity index is 2.49. The second-order valence-corrected chi connectivity index (χ2v) is 8.42. The third-order valence-electron chi connectivity index (χ3n) is 2.73. The minimum atomic E-state index is 0.308. The van der Waals surface area contributed by atoms with E-state index in [0.29, 0.717) is 5.92 Å². The minimum Gasteiger partial charge on any atom is -0.0918 e. The van der Waals surface area contributed by atoms with Crippen LogP contribution < -0.4 is 0 Å². The van der Waals surface area contributed by atoms with Gasteiger partial charge in [0.15, 0.2) is 0 Å². The maximum Gasteiger partial charge on any atom is 0.0189 e. The molecule has 19 heavy (non-hydrogen) atoms. The zero-order valence-corrected chi connectivity index (χ0v) is 17.6. The van der Waals surface area contributed by atoms with Crippen molar-refractivity contribution in [2.24, 2.45) is 0 Å². The summed E-state index contributed by atoms with van der Waals surface area (Å²) in [5, 5.41) is 0.874. The lowest BCUT2D eigenvalue weighted by Gasteiger charge is -2.17. The van der Waals surface area contributed by atoms with E-state index in [2.05, 4.69) is 104 Å². The van der Waals surface area contributed by atoms with E-state index < -0.39 is 0 Å². The second-order valence-electron chi connectivity index (χ2n) is 4.11. The van der Waals surface area contributed by atoms with Crippen molar-refractivity contribution in [3.8, 4) is 0 Å². The lowest BCUT2D eigenvalue weighted by Crippen LogP contribution is -2.03. The van der Waals surface area contributed by atoms with E-state index >= 15 is 0 Å². The maximum atomic E-state index is 3.63. The third-order valence-corrected chi connectivity index (χ3v) is 5.21. The van der Waals surface area contributed by atoms with E-state index in [9.17, 15) is 0 Å². The molecule has 0 saturated carbocycles. The van der Waals surface area contributed by atoms with E-state index in [1.807, 2.05) is 12.1 Å². The number of hydrogen-bond acceptors (Lipinski definition) is 0. The molecule has 0 radical (unpaired) electrons. The highest BCUT2D eigenvalue weighted by molar-refractivity contribution is 9.11. The first-order valence-electron chi connectivity index (χ1n) is 5.47. The molecule has 0 N–H and O–H groups in total. The van der Waals surface area contributed by atoms with Gasteiger partial charge in [-0.1, -0.05) is 79.6 Å². The van der Waals surface area contributed by atoms with Gasteiger partial charge >= 0.3 is 0 Å². The van der Waals surface area contributed by atoms with Gasteiger partial charge in [0.1, 0.15) is 0 Å². The second kappa shape index (κ2) is 7.21. The normalized spacial score (nSPS) is 11.1. The van der Waals surface area contributed by atoms with E-state index in [1.165, 1.54) is 11.1 Å². The van der Waals surface area contributed by atoms with Gasteiger partial charge in [-0.2, -0.15) is 0 Å². The number of hydrogen-bond donors (Lipinski definition) is 0. The molecule has 0 bridgehead atoms. The molecule has 0 saturated heterocycles. The Kier molecular flexibility index (Phi) is 6.15. The highest BCUT2D eigenvalue weighted by Gasteiger charge is 2.15. The van der Waals surface area contributed by atoms with Crippen LogP contribution in [0.2, 0.25) is 0 Å². The third kappa shape index (κ3) is 4.40. The highest BCUT2D eigenvalue weighted by Crippen LogP contribution is 2.33. The van der Waals surface area contributed by atoms with E-state index in [1.54, 1.807) is 0 Å². The Morgan fingerprint density at radius 1 is 0.632 bits per heavy atom. The van der Waals surface area contributed by atoms with Crippen molar-refractivity contribution in [1.29, 1.82) is 0 Å². The van der Waals surface area contributed by atoms with Gasteiger partial charge in [-0.05, 0) is 47.5 Å². The average Bonchev–Trinajstić information content (AvgIpc) is 2.27. The lowest BCUT2D eigenvalue weighted by atomic mass is 9.93. The number of halogens is 5. The molecule has 0 aliphatic rings. The number of rotatable bonds is 3. The first-order chi connectivity index (χ1) is 8.99. The van der Waals surface area contributed by atoms with Crippen molar-refractivity contribution in [2.45, 2.75) is 5.92 Å². The molecule has 0 amide bonds. The predicted molar refractivity (Wildman–Crippen MR) is 99.3 cm³/mol. The molecule has 0 unspecified atom stereocenters. The van der Waals surface area contributed by atoms with Crippen LogP contribution >= 0.6 is 79.6 Å². The van der Waals surface area contributed by atoms with Crippen molar-refractivity contribution in [2.75, 3.05) is 5.33 Å². The summed E-state index contributed by atoms with van der Waals surface area (Å²) in [7, 11) is 0. The van der Waals surface area contributed by atoms with Crippen molar-refractivity contribution < 1.29 is 0 Å². The molecule has 2 aromatic carbocycles. The zero-order valence-electron chi connectivity index (χ0n) is 9.64. The Morgan fingerprint density at radius 3 is 1.21 bits per heavy atom. The fraction of sp³-hybridized carbons (Fsp3) is 0.143. The monoisotopic (exact) mass is 572 g/mol. The van der Waals surface area contributed by atoms with E-state index in [-0.39, 0.29) is 0 Å². The van der Waals surface area contributed by atoms with Crippen LogP contribution in [0.5, 0.6) is 0 Å². The largest absolute Gasteiger partial charge is 0.0918 e. The van der Waals surface area contributed by atoms with Gasteiger partial charge < -0.3 is 0 Å². The summed E-state index contributed by atoms with van der Waals surface area (Å²) in [5.41, 5.74) is 2.53. The van der Waals surface area contributed by atoms with E-state index in [0.717, 1.165) is 23.2 Å². The smallest absolute Gasteiger partial charge is 0.0189 e. The van der Waals surface area contributed by atoms with Crippen LogP contribution in [-0.4, -0.2) is 5.33 Å². The van der Waals surface area contributed by atoms with Crippen LogP contribution in [0.1, 0.15) is 17.0 Å². The molecule has 0 atom stereocenters. The summed E-state index contributed by atoms with van der Waals surface area (Å²) >= 11 is 17.8. The summed E-state index contributed by atoms with van der Waals surface area (Å²) in [6.45, 7) is 0. The molecule has 2 rings (SSSR count). The van der Waals surface area contributed by atoms with Crippen LogP contribution in [0.25, 0.3) is 0 Å². The molecule has 5 heteroatoms. The molecule has 100 valence electrons. The molecule has 0 nitrogen and oxygen atoms in total. The van der Waals surface area contributed by atoms with Crippen molar-refractivity contribution in [3.63, 3.8) is 0 Å². The maximum absolute atomic E-state index is 3.63. The molecule has 2 aromatic rings. The van der Waals surface area contributed by atoms with Crippen molar-refractivity contribution >= 4 is 79.6 Å². The fourth-order valence-corrected chi connectivity index (χ4v) is 5.33. The van der Waals surface area contributed by atoms with Crippen LogP contribution in [0, 0.1) is 0 Å². The summed E-state index contributed by atoms with van der Waals surface area (Å²) in [6.07, 6.45) is 0. The number of benzene rings is 2. The quantitative estimate of drug-likeness (QED) is 0.338. The van der Waals surface area contributed by atoms with Gasteiger partial charge in [0.2, 0.25) is 0 Å². The van der Waals surface area contributed by atoms with Gasteiger partial charge in [0, 0.05) is 29.1 Å². The van der Waals surface area contributed by atoms with Crippen LogP contribution in [0.4, 0.5) is 0 Å². The highest BCUT2D eigenvalue weighted by atomic mass is 79.9. The first kappa shape index (κ1) is 16.2. The van der Waals surface area contributed by atoms with Crippen molar-refractivity contribution in [1.82, 2.24) is 0 Å². The number of alkyl halides is 1. The lowest BCUT2D eigenvalue weighted by molar-refractivity contribution is 0.939. The molecule has 0 fully saturated rings. The van der Waals surface area contributed by atoms with Crippen LogP contribution in [-0.2, 0) is 0 Å². The fourth-order valence-electron chi connectivity index (χ4n) is 1.92. The zero-order chi connectivity index (χ0) is 14.0. The predicted octanol–water partition coefficient (Wildman–Crippen LogP) is 7.26. The van der Waals surface area contributed by atoms with Gasteiger partial charge in [0.25, 0.3) is 0 Å². The Hall–Kier alpha value is 0.840. The summed E-state index contributed by atoms with van der Waals surface area (Å²) < 4.78 is 4.32. The Labute approximate surface area is 155 Å². The van der Waals surface area contributed by atoms with Gasteiger partial charge in [-0.25, -0.2) is 0 Å². The van der Waals surface area contributed by atoms with Crippen LogP contribution in [0.3, 0.4) is 0 Å². The van der Waals surface area contributed by atoms with Gasteiger partial charge in [-0.3, -0.25) is 0 Å². The Morgan fingerprint density at radius 2 is 0.947 bits per heavy atom. The standard InChI is InChI=1S/C14H9Br5/c15-7-14(8-1-10(16)5-11(17)2-8)9-3-12(18)6-13(19)4-9/h1-6,14H,7H2. The molecule has 0 aromatic heterocycles. The van der Waals surface area contributed by atoms with Gasteiger partial charge in [0.05, 0.1) is 0 Å². The molecule has 0 spiro atoms. The molecular formula is C14H9Br5. The molecular weight excluding hydrogens is 568 g/mol. The molecule has 0 heterocycles. The molecule has 0 aliphatic carbocycles. The van der Waals surface area contributed by atoms with Gasteiger partial charge in [-0.15, -0.1) is 0 Å². The average molecular weight is 577 g/mol. The van der Waals surface area contributed by atoms with E-state index in [4.69, 9.17) is 0 Å². The Bertz CT molecular complexity index is 502. The first-order valence-corrected chi connectivity index (χ1v) is 9.77. The summed E-state index contributed by atoms with van der Waals surface area (Å²) in [6, 6.07) is 12.7. The molecule has 0 aliphatic heterocycles. The SMILES string of the molecule is BrCC(c1cc(Br)cc(Br)c1)c1cc(Br)cc(Br)c1.